The fourth-order valence-corrected chi connectivity index (χ4v) is 4.14. The molecule has 1 fully saturated rings. The average molecular weight is 297 g/mol. The van der Waals surface area contributed by atoms with E-state index in [0.717, 1.165) is 29.8 Å². The van der Waals surface area contributed by atoms with E-state index in [1.807, 2.05) is 39.0 Å². The van der Waals surface area contributed by atoms with Crippen molar-refractivity contribution in [2.24, 2.45) is 0 Å². The highest BCUT2D eigenvalue weighted by molar-refractivity contribution is 7.91. The van der Waals surface area contributed by atoms with Crippen LogP contribution in [0, 0.1) is 6.92 Å². The van der Waals surface area contributed by atoms with Crippen LogP contribution >= 0.6 is 0 Å². The van der Waals surface area contributed by atoms with Gasteiger partial charge in [-0.15, -0.1) is 0 Å². The molecule has 0 aromatic heterocycles. The predicted octanol–water partition coefficient (Wildman–Crippen LogP) is 2.77. The summed E-state index contributed by atoms with van der Waals surface area (Å²) in [7, 11) is -2.88. The summed E-state index contributed by atoms with van der Waals surface area (Å²) in [6, 6.07) is 5.89. The Morgan fingerprint density at radius 1 is 1.35 bits per heavy atom. The quantitative estimate of drug-likeness (QED) is 0.928. The molecule has 0 amide bonds. The van der Waals surface area contributed by atoms with E-state index in [1.54, 1.807) is 0 Å². The Morgan fingerprint density at radius 2 is 2.10 bits per heavy atom. The summed E-state index contributed by atoms with van der Waals surface area (Å²) in [5.74, 6) is 1.40. The smallest absolute Gasteiger partial charge is 0.152 e. The second kappa shape index (κ2) is 6.04. The van der Waals surface area contributed by atoms with Crippen molar-refractivity contribution < 1.29 is 13.2 Å². The molecule has 2 rings (SSSR count). The number of hydrogen-bond donors (Lipinski definition) is 1. The van der Waals surface area contributed by atoms with E-state index in [-0.39, 0.29) is 17.9 Å². The highest BCUT2D eigenvalue weighted by Gasteiger charge is 2.24. The lowest BCUT2D eigenvalue weighted by Crippen LogP contribution is -2.34. The summed E-state index contributed by atoms with van der Waals surface area (Å²) in [6.07, 6.45) is 1.80. The van der Waals surface area contributed by atoms with E-state index < -0.39 is 9.84 Å². The largest absolute Gasteiger partial charge is 0.491 e. The normalized spacial score (nSPS) is 21.7. The number of aryl methyl sites for hydroxylation is 1. The zero-order valence-electron chi connectivity index (χ0n) is 12.3. The third kappa shape index (κ3) is 4.13. The lowest BCUT2D eigenvalue weighted by molar-refractivity contribution is 0.242. The predicted molar refractivity (Wildman–Crippen MR) is 82.2 cm³/mol. The van der Waals surface area contributed by atoms with Crippen molar-refractivity contribution in [1.82, 2.24) is 0 Å². The van der Waals surface area contributed by atoms with Crippen LogP contribution in [0.15, 0.2) is 18.2 Å². The summed E-state index contributed by atoms with van der Waals surface area (Å²) in [6.45, 7) is 6.00. The summed E-state index contributed by atoms with van der Waals surface area (Å²) in [4.78, 5) is 0. The second-order valence-corrected chi connectivity index (χ2v) is 7.97. The van der Waals surface area contributed by atoms with Crippen LogP contribution in [0.2, 0.25) is 0 Å². The molecule has 0 saturated carbocycles. The molecule has 1 aromatic rings. The van der Waals surface area contributed by atoms with Gasteiger partial charge in [-0.2, -0.15) is 0 Å². The first-order valence-electron chi connectivity index (χ1n) is 7.10. The van der Waals surface area contributed by atoms with Gasteiger partial charge in [-0.05, 0) is 57.4 Å². The Hall–Kier alpha value is -1.23. The number of benzene rings is 1. The molecule has 1 N–H and O–H groups in total. The van der Waals surface area contributed by atoms with Gasteiger partial charge < -0.3 is 10.1 Å². The molecular formula is C15H23NO3S. The van der Waals surface area contributed by atoms with Gasteiger partial charge in [-0.1, -0.05) is 0 Å². The minimum Gasteiger partial charge on any atom is -0.491 e. The van der Waals surface area contributed by atoms with Crippen LogP contribution in [-0.4, -0.2) is 32.1 Å². The Balaban J connectivity index is 2.06. The summed E-state index contributed by atoms with van der Waals surface area (Å²) < 4.78 is 29.0. The van der Waals surface area contributed by atoms with Gasteiger partial charge in [0.15, 0.2) is 9.84 Å². The molecule has 0 radical (unpaired) electrons. The second-order valence-electron chi connectivity index (χ2n) is 5.74. The molecule has 1 aliphatic heterocycles. The Kier molecular flexibility index (Phi) is 4.58. The highest BCUT2D eigenvalue weighted by Crippen LogP contribution is 2.24. The van der Waals surface area contributed by atoms with Crippen molar-refractivity contribution in [1.29, 1.82) is 0 Å². The summed E-state index contributed by atoms with van der Waals surface area (Å²) in [5.41, 5.74) is 2.06. The zero-order valence-corrected chi connectivity index (χ0v) is 13.2. The van der Waals surface area contributed by atoms with Crippen molar-refractivity contribution in [3.63, 3.8) is 0 Å². The number of anilines is 1. The molecule has 0 aliphatic carbocycles. The van der Waals surface area contributed by atoms with Crippen molar-refractivity contribution >= 4 is 15.5 Å². The molecule has 5 heteroatoms. The minimum absolute atomic E-state index is 0.0179. The van der Waals surface area contributed by atoms with E-state index >= 15 is 0 Å². The van der Waals surface area contributed by atoms with E-state index in [1.165, 1.54) is 0 Å². The molecule has 20 heavy (non-hydrogen) atoms. The van der Waals surface area contributed by atoms with Crippen molar-refractivity contribution in [3.05, 3.63) is 23.8 Å². The standard InChI is InChI=1S/C15H23NO3S/c1-11(2)19-14-6-7-15(12(3)9-14)16-13-5-4-8-20(17,18)10-13/h6-7,9,11,13,16H,4-5,8,10H2,1-3H3. The molecule has 1 unspecified atom stereocenters. The van der Waals surface area contributed by atoms with Crippen LogP contribution in [0.5, 0.6) is 5.75 Å². The monoisotopic (exact) mass is 297 g/mol. The highest BCUT2D eigenvalue weighted by atomic mass is 32.2. The zero-order chi connectivity index (χ0) is 14.8. The molecular weight excluding hydrogens is 274 g/mol. The molecule has 0 bridgehead atoms. The molecule has 1 aromatic carbocycles. The van der Waals surface area contributed by atoms with Crippen LogP contribution in [0.4, 0.5) is 5.69 Å². The molecule has 1 aliphatic rings. The van der Waals surface area contributed by atoms with Crippen LogP contribution < -0.4 is 10.1 Å². The maximum absolute atomic E-state index is 11.7. The Labute approximate surface area is 121 Å². The third-order valence-electron chi connectivity index (χ3n) is 3.39. The van der Waals surface area contributed by atoms with Gasteiger partial charge in [-0.3, -0.25) is 0 Å². The molecule has 1 heterocycles. The molecule has 1 saturated heterocycles. The van der Waals surface area contributed by atoms with E-state index in [9.17, 15) is 8.42 Å². The van der Waals surface area contributed by atoms with Crippen LogP contribution in [0.25, 0.3) is 0 Å². The van der Waals surface area contributed by atoms with Gasteiger partial charge in [0.1, 0.15) is 5.75 Å². The number of sulfone groups is 1. The van der Waals surface area contributed by atoms with Crippen molar-refractivity contribution in [3.8, 4) is 5.75 Å². The molecule has 4 nitrogen and oxygen atoms in total. The molecule has 0 spiro atoms. The first-order chi connectivity index (χ1) is 9.35. The van der Waals surface area contributed by atoms with Crippen LogP contribution in [-0.2, 0) is 9.84 Å². The maximum Gasteiger partial charge on any atom is 0.152 e. The Bertz CT molecular complexity index is 566. The van der Waals surface area contributed by atoms with Gasteiger partial charge in [0.05, 0.1) is 17.6 Å². The van der Waals surface area contributed by atoms with E-state index in [2.05, 4.69) is 5.32 Å². The fourth-order valence-electron chi connectivity index (χ4n) is 2.50. The first-order valence-corrected chi connectivity index (χ1v) is 8.92. The SMILES string of the molecule is Cc1cc(OC(C)C)ccc1NC1CCCS(=O)(=O)C1. The number of hydrogen-bond acceptors (Lipinski definition) is 4. The van der Waals surface area contributed by atoms with Crippen molar-refractivity contribution in [2.75, 3.05) is 16.8 Å². The first kappa shape index (κ1) is 15.2. The van der Waals surface area contributed by atoms with Crippen LogP contribution in [0.3, 0.4) is 0 Å². The topological polar surface area (TPSA) is 55.4 Å². The average Bonchev–Trinajstić information content (AvgIpc) is 2.30. The number of ether oxygens (including phenoxy) is 1. The van der Waals surface area contributed by atoms with Gasteiger partial charge in [0.2, 0.25) is 0 Å². The van der Waals surface area contributed by atoms with Crippen LogP contribution in [0.1, 0.15) is 32.3 Å². The fraction of sp³-hybridized carbons (Fsp3) is 0.600. The lowest BCUT2D eigenvalue weighted by atomic mass is 10.1. The van der Waals surface area contributed by atoms with Gasteiger partial charge >= 0.3 is 0 Å². The van der Waals surface area contributed by atoms with Gasteiger partial charge in [0, 0.05) is 11.7 Å². The van der Waals surface area contributed by atoms with E-state index in [0.29, 0.717) is 5.75 Å². The lowest BCUT2D eigenvalue weighted by Gasteiger charge is -2.25. The van der Waals surface area contributed by atoms with E-state index in [4.69, 9.17) is 4.74 Å². The third-order valence-corrected chi connectivity index (χ3v) is 5.21. The number of nitrogens with one attached hydrogen (secondary N) is 1. The minimum atomic E-state index is -2.88. The van der Waals surface area contributed by atoms with Gasteiger partial charge in [0.25, 0.3) is 0 Å². The summed E-state index contributed by atoms with van der Waals surface area (Å²) in [5, 5.41) is 3.35. The molecule has 112 valence electrons. The van der Waals surface area contributed by atoms with Crippen molar-refractivity contribution in [2.45, 2.75) is 45.8 Å². The Morgan fingerprint density at radius 3 is 2.70 bits per heavy atom. The summed E-state index contributed by atoms with van der Waals surface area (Å²) >= 11 is 0. The maximum atomic E-state index is 11.7. The molecule has 1 atom stereocenters. The number of rotatable bonds is 4. The van der Waals surface area contributed by atoms with Gasteiger partial charge in [-0.25, -0.2) is 8.42 Å².